The fourth-order valence-electron chi connectivity index (χ4n) is 2.35. The maximum absolute atomic E-state index is 12.0. The predicted octanol–water partition coefficient (Wildman–Crippen LogP) is 0.727. The van der Waals surface area contributed by atoms with Crippen LogP contribution >= 0.6 is 0 Å². The van der Waals surface area contributed by atoms with E-state index in [9.17, 15) is 29.4 Å². The van der Waals surface area contributed by atoms with Crippen LogP contribution in [0.25, 0.3) is 11.1 Å². The van der Waals surface area contributed by atoms with Crippen molar-refractivity contribution in [2.45, 2.75) is 0 Å². The Balaban J connectivity index is 3.07. The summed E-state index contributed by atoms with van der Waals surface area (Å²) in [5.41, 5.74) is 1.82. The summed E-state index contributed by atoms with van der Waals surface area (Å²) >= 11 is 0. The van der Waals surface area contributed by atoms with Crippen molar-refractivity contribution in [1.82, 2.24) is 4.98 Å². The van der Waals surface area contributed by atoms with Gasteiger partial charge in [0, 0.05) is 11.1 Å². The number of anilines is 1. The molecule has 1 aromatic carbocycles. The Hall–Kier alpha value is -3.82. The van der Waals surface area contributed by atoms with Gasteiger partial charge in [-0.15, -0.1) is 0 Å². The van der Waals surface area contributed by atoms with Crippen molar-refractivity contribution in [3.63, 3.8) is 0 Å². The number of nitrogens with one attached hydrogen (secondary N) is 1. The van der Waals surface area contributed by atoms with Gasteiger partial charge in [-0.05, 0) is 18.2 Å². The number of nitrogens with two attached hydrogens (primary N) is 1. The third-order valence-corrected chi connectivity index (χ3v) is 3.39. The number of carbonyl (C=O) groups is 3. The first-order chi connectivity index (χ1) is 11.7. The molecule has 0 fully saturated rings. The summed E-state index contributed by atoms with van der Waals surface area (Å²) in [6.07, 6.45) is 0. The molecule has 0 saturated heterocycles. The van der Waals surface area contributed by atoms with Crippen LogP contribution in [0.1, 0.15) is 31.1 Å². The summed E-state index contributed by atoms with van der Waals surface area (Å²) in [5, 5.41) is 27.9. The molecule has 1 heterocycles. The molecule has 0 saturated carbocycles. The van der Waals surface area contributed by atoms with Crippen molar-refractivity contribution in [3.8, 4) is 16.9 Å². The number of pyridine rings is 1. The molecule has 0 atom stereocenters. The molecule has 25 heavy (non-hydrogen) atoms. The van der Waals surface area contributed by atoms with Crippen LogP contribution in [0.4, 0.5) is 5.82 Å². The van der Waals surface area contributed by atoms with E-state index in [4.69, 9.17) is 15.6 Å². The molecule has 0 bridgehead atoms. The number of hydrogen-bond acceptors (Lipinski definition) is 6. The standard InChI is InChI=1S/C15H12N2O8/c1-25-7-3-2-5(13(19)20)4-6(7)8-9(14(21)22)11(16)17-12(18)10(8)15(23)24/h2-4H,1H3,(H,19,20)(H,21,22)(H,23,24)(H3,16,17,18). The van der Waals surface area contributed by atoms with Gasteiger partial charge < -0.3 is 30.8 Å². The molecule has 0 spiro atoms. The van der Waals surface area contributed by atoms with Gasteiger partial charge in [0.15, 0.2) is 0 Å². The molecule has 2 aromatic rings. The smallest absolute Gasteiger partial charge is 0.342 e. The highest BCUT2D eigenvalue weighted by molar-refractivity contribution is 6.08. The van der Waals surface area contributed by atoms with E-state index in [1.165, 1.54) is 19.2 Å². The van der Waals surface area contributed by atoms with Crippen LogP contribution in [0, 0.1) is 0 Å². The van der Waals surface area contributed by atoms with E-state index in [2.05, 4.69) is 0 Å². The van der Waals surface area contributed by atoms with Gasteiger partial charge in [-0.25, -0.2) is 14.4 Å². The van der Waals surface area contributed by atoms with Crippen molar-refractivity contribution < 1.29 is 34.4 Å². The Morgan fingerprint density at radius 1 is 1.04 bits per heavy atom. The van der Waals surface area contributed by atoms with Gasteiger partial charge in [0.05, 0.1) is 12.7 Å². The molecular weight excluding hydrogens is 336 g/mol. The zero-order valence-corrected chi connectivity index (χ0v) is 12.7. The van der Waals surface area contributed by atoms with Gasteiger partial charge in [0.25, 0.3) is 5.56 Å². The van der Waals surface area contributed by atoms with Gasteiger partial charge in [-0.1, -0.05) is 0 Å². The van der Waals surface area contributed by atoms with E-state index in [1.807, 2.05) is 4.98 Å². The summed E-state index contributed by atoms with van der Waals surface area (Å²) in [6, 6.07) is 3.41. The Morgan fingerprint density at radius 3 is 2.12 bits per heavy atom. The molecule has 1 aromatic heterocycles. The third-order valence-electron chi connectivity index (χ3n) is 3.39. The monoisotopic (exact) mass is 348 g/mol. The zero-order chi connectivity index (χ0) is 18.9. The van der Waals surface area contributed by atoms with Crippen LogP contribution in [-0.2, 0) is 0 Å². The third kappa shape index (κ3) is 3.00. The fourth-order valence-corrected chi connectivity index (χ4v) is 2.35. The summed E-state index contributed by atoms with van der Waals surface area (Å²) in [5.74, 6) is -5.24. The molecular formula is C15H12N2O8. The molecule has 6 N–H and O–H groups in total. The number of benzene rings is 1. The number of H-pyrrole nitrogens is 1. The van der Waals surface area contributed by atoms with Crippen molar-refractivity contribution in [3.05, 3.63) is 45.2 Å². The van der Waals surface area contributed by atoms with Crippen LogP contribution in [0.15, 0.2) is 23.0 Å². The van der Waals surface area contributed by atoms with Crippen molar-refractivity contribution in [2.24, 2.45) is 0 Å². The maximum atomic E-state index is 12.0. The largest absolute Gasteiger partial charge is 0.496 e. The van der Waals surface area contributed by atoms with E-state index < -0.39 is 46.0 Å². The number of aromatic nitrogens is 1. The molecule has 0 radical (unpaired) electrons. The Kier molecular flexibility index (Phi) is 4.46. The number of methoxy groups -OCH3 is 1. The van der Waals surface area contributed by atoms with E-state index >= 15 is 0 Å². The lowest BCUT2D eigenvalue weighted by atomic mass is 9.93. The second kappa shape index (κ2) is 6.35. The minimum atomic E-state index is -1.71. The fraction of sp³-hybridized carbons (Fsp3) is 0.0667. The lowest BCUT2D eigenvalue weighted by molar-refractivity contribution is 0.0683. The van der Waals surface area contributed by atoms with Crippen LogP contribution < -0.4 is 16.0 Å². The number of ether oxygens (including phenoxy) is 1. The molecule has 0 unspecified atom stereocenters. The Morgan fingerprint density at radius 2 is 1.64 bits per heavy atom. The van der Waals surface area contributed by atoms with Gasteiger partial charge in [0.1, 0.15) is 22.7 Å². The van der Waals surface area contributed by atoms with Gasteiger partial charge in [0.2, 0.25) is 0 Å². The molecule has 130 valence electrons. The van der Waals surface area contributed by atoms with E-state index in [1.54, 1.807) is 0 Å². The minimum absolute atomic E-state index is 0.0278. The first-order valence-electron chi connectivity index (χ1n) is 6.63. The van der Waals surface area contributed by atoms with E-state index in [0.717, 1.165) is 6.07 Å². The zero-order valence-electron chi connectivity index (χ0n) is 12.7. The normalized spacial score (nSPS) is 10.3. The number of nitrogen functional groups attached to an aromatic ring is 1. The second-order valence-corrected chi connectivity index (χ2v) is 4.82. The number of hydrogen-bond donors (Lipinski definition) is 5. The minimum Gasteiger partial charge on any atom is -0.496 e. The van der Waals surface area contributed by atoms with E-state index in [0.29, 0.717) is 0 Å². The SMILES string of the molecule is COc1ccc(C(=O)O)cc1-c1c(C(=O)O)c(N)[nH]c(=O)c1C(=O)O. The number of aromatic amines is 1. The lowest BCUT2D eigenvalue weighted by Crippen LogP contribution is -2.24. The van der Waals surface area contributed by atoms with Crippen molar-refractivity contribution in [2.75, 3.05) is 12.8 Å². The van der Waals surface area contributed by atoms with Crippen LogP contribution in [0.2, 0.25) is 0 Å². The molecule has 0 amide bonds. The predicted molar refractivity (Wildman–Crippen MR) is 84.3 cm³/mol. The Labute approximate surface area is 139 Å². The number of rotatable bonds is 5. The van der Waals surface area contributed by atoms with Crippen LogP contribution in [-0.4, -0.2) is 45.3 Å². The van der Waals surface area contributed by atoms with Crippen LogP contribution in [0.5, 0.6) is 5.75 Å². The lowest BCUT2D eigenvalue weighted by Gasteiger charge is -2.15. The molecule has 0 aliphatic heterocycles. The van der Waals surface area contributed by atoms with Crippen molar-refractivity contribution >= 4 is 23.7 Å². The van der Waals surface area contributed by atoms with Gasteiger partial charge >= 0.3 is 17.9 Å². The first-order valence-corrected chi connectivity index (χ1v) is 6.63. The quantitative estimate of drug-likeness (QED) is 0.520. The van der Waals surface area contributed by atoms with Crippen LogP contribution in [0.3, 0.4) is 0 Å². The first kappa shape index (κ1) is 17.5. The highest BCUT2D eigenvalue weighted by Crippen LogP contribution is 2.36. The Bertz CT molecular complexity index is 961. The molecule has 0 aliphatic rings. The number of aromatic carboxylic acids is 3. The average Bonchev–Trinajstić information content (AvgIpc) is 2.52. The topological polar surface area (TPSA) is 180 Å². The molecule has 10 heteroatoms. The van der Waals surface area contributed by atoms with Gasteiger partial charge in [-0.2, -0.15) is 0 Å². The summed E-state index contributed by atoms with van der Waals surface area (Å²) in [7, 11) is 1.22. The second-order valence-electron chi connectivity index (χ2n) is 4.82. The van der Waals surface area contributed by atoms with Crippen molar-refractivity contribution in [1.29, 1.82) is 0 Å². The highest BCUT2D eigenvalue weighted by Gasteiger charge is 2.28. The number of carboxylic acids is 3. The molecule has 10 nitrogen and oxygen atoms in total. The van der Waals surface area contributed by atoms with Gasteiger partial charge in [-0.3, -0.25) is 4.79 Å². The highest BCUT2D eigenvalue weighted by atomic mass is 16.5. The molecule has 2 rings (SSSR count). The number of carboxylic acid groups (broad SMARTS) is 3. The summed E-state index contributed by atoms with van der Waals surface area (Å²) < 4.78 is 5.05. The average molecular weight is 348 g/mol. The maximum Gasteiger partial charge on any atom is 0.342 e. The van der Waals surface area contributed by atoms with E-state index in [-0.39, 0.29) is 16.9 Å². The summed E-state index contributed by atoms with van der Waals surface area (Å²) in [6.45, 7) is 0. The summed E-state index contributed by atoms with van der Waals surface area (Å²) in [4.78, 5) is 48.2. The molecule has 0 aliphatic carbocycles.